The van der Waals surface area contributed by atoms with Crippen LogP contribution < -0.4 is 14.8 Å². The van der Waals surface area contributed by atoms with Gasteiger partial charge >= 0.3 is 11.9 Å². The van der Waals surface area contributed by atoms with Crippen LogP contribution >= 0.6 is 0 Å². The summed E-state index contributed by atoms with van der Waals surface area (Å²) in [4.78, 5) is 37.2. The molecular formula is C28H29NO7. The van der Waals surface area contributed by atoms with E-state index >= 15 is 0 Å². The second-order valence-electron chi connectivity index (χ2n) is 8.03. The van der Waals surface area contributed by atoms with Crippen LogP contribution in [0, 0.1) is 13.8 Å². The molecule has 0 aliphatic carbocycles. The van der Waals surface area contributed by atoms with E-state index in [1.54, 1.807) is 18.2 Å². The Bertz CT molecular complexity index is 1250. The molecule has 3 aromatic rings. The quantitative estimate of drug-likeness (QED) is 0.415. The van der Waals surface area contributed by atoms with Crippen LogP contribution in [0.3, 0.4) is 0 Å². The van der Waals surface area contributed by atoms with E-state index in [0.717, 1.165) is 5.56 Å². The van der Waals surface area contributed by atoms with Crippen LogP contribution in [-0.2, 0) is 16.1 Å². The van der Waals surface area contributed by atoms with Crippen LogP contribution in [0.5, 0.6) is 11.5 Å². The fourth-order valence-electron chi connectivity index (χ4n) is 3.47. The molecule has 0 radical (unpaired) electrons. The van der Waals surface area contributed by atoms with Crippen molar-refractivity contribution in [2.24, 2.45) is 0 Å². The number of carbonyl (C=O) groups excluding carboxylic acids is 3. The molecule has 0 saturated carbocycles. The van der Waals surface area contributed by atoms with Crippen LogP contribution in [0.4, 0.5) is 5.69 Å². The lowest BCUT2D eigenvalue weighted by Gasteiger charge is -2.14. The van der Waals surface area contributed by atoms with Crippen LogP contribution in [0.2, 0.25) is 0 Å². The van der Waals surface area contributed by atoms with Crippen molar-refractivity contribution in [3.63, 3.8) is 0 Å². The predicted molar refractivity (Wildman–Crippen MR) is 135 cm³/mol. The average molecular weight is 492 g/mol. The van der Waals surface area contributed by atoms with Crippen molar-refractivity contribution >= 4 is 23.5 Å². The topological polar surface area (TPSA) is 100 Å². The number of nitrogens with one attached hydrogen (secondary N) is 1. The van der Waals surface area contributed by atoms with Gasteiger partial charge in [0.2, 0.25) is 0 Å². The lowest BCUT2D eigenvalue weighted by molar-refractivity contribution is 0.0598. The lowest BCUT2D eigenvalue weighted by atomic mass is 10.1. The van der Waals surface area contributed by atoms with Gasteiger partial charge in [-0.25, -0.2) is 9.59 Å². The maximum absolute atomic E-state index is 13.1. The summed E-state index contributed by atoms with van der Waals surface area (Å²) < 4.78 is 21.2. The van der Waals surface area contributed by atoms with E-state index in [-0.39, 0.29) is 23.4 Å². The summed E-state index contributed by atoms with van der Waals surface area (Å²) in [5, 5.41) is 2.73. The Morgan fingerprint density at radius 3 is 2.00 bits per heavy atom. The van der Waals surface area contributed by atoms with Crippen molar-refractivity contribution in [1.29, 1.82) is 0 Å². The van der Waals surface area contributed by atoms with Gasteiger partial charge in [-0.3, -0.25) is 4.79 Å². The van der Waals surface area contributed by atoms with Crippen molar-refractivity contribution in [2.45, 2.75) is 27.4 Å². The minimum atomic E-state index is -0.650. The third-order valence-electron chi connectivity index (χ3n) is 5.53. The van der Waals surface area contributed by atoms with Gasteiger partial charge in [-0.2, -0.15) is 0 Å². The Balaban J connectivity index is 1.86. The summed E-state index contributed by atoms with van der Waals surface area (Å²) in [5.41, 5.74) is 3.77. The highest BCUT2D eigenvalue weighted by Gasteiger charge is 2.17. The number of aryl methyl sites for hydroxylation is 2. The second kappa shape index (κ2) is 11.9. The van der Waals surface area contributed by atoms with E-state index in [1.807, 2.05) is 39.0 Å². The maximum atomic E-state index is 13.1. The van der Waals surface area contributed by atoms with Gasteiger partial charge in [0.15, 0.2) is 0 Å². The Hall–Kier alpha value is -4.33. The predicted octanol–water partition coefficient (Wildman–Crippen LogP) is 5.11. The monoisotopic (exact) mass is 491 g/mol. The summed E-state index contributed by atoms with van der Waals surface area (Å²) in [7, 11) is 2.46. The first-order chi connectivity index (χ1) is 17.2. The average Bonchev–Trinajstić information content (AvgIpc) is 2.88. The van der Waals surface area contributed by atoms with Gasteiger partial charge in [0.25, 0.3) is 5.91 Å². The Morgan fingerprint density at radius 1 is 0.750 bits per heavy atom. The molecule has 0 fully saturated rings. The van der Waals surface area contributed by atoms with Crippen molar-refractivity contribution < 1.29 is 33.3 Å². The molecule has 36 heavy (non-hydrogen) atoms. The van der Waals surface area contributed by atoms with E-state index in [4.69, 9.17) is 18.9 Å². The maximum Gasteiger partial charge on any atom is 0.337 e. The first kappa shape index (κ1) is 26.3. The highest BCUT2D eigenvalue weighted by molar-refractivity contribution is 6.06. The van der Waals surface area contributed by atoms with Crippen LogP contribution in [-0.4, -0.2) is 38.7 Å². The minimum absolute atomic E-state index is 0.102. The molecule has 0 spiro atoms. The van der Waals surface area contributed by atoms with Crippen molar-refractivity contribution in [3.05, 3.63) is 88.0 Å². The highest BCUT2D eigenvalue weighted by Crippen LogP contribution is 2.25. The van der Waals surface area contributed by atoms with Crippen LogP contribution in [0.15, 0.2) is 54.6 Å². The molecule has 3 rings (SSSR count). The van der Waals surface area contributed by atoms with Crippen molar-refractivity contribution in [2.75, 3.05) is 26.1 Å². The third kappa shape index (κ3) is 6.41. The zero-order valence-corrected chi connectivity index (χ0v) is 21.0. The molecule has 1 N–H and O–H groups in total. The number of amides is 1. The molecule has 0 aliphatic rings. The number of ether oxygens (including phenoxy) is 4. The summed E-state index contributed by atoms with van der Waals surface area (Å²) in [5.74, 6) is -0.418. The van der Waals surface area contributed by atoms with Gasteiger partial charge in [0.05, 0.1) is 32.0 Å². The number of esters is 2. The SMILES string of the molecule is CCOc1ccc(C(=O)Nc2cc(C(=O)OC)cc(C(=O)OC)c2)cc1COc1ccc(C)c(C)c1. The number of rotatable bonds is 9. The number of methoxy groups -OCH3 is 2. The van der Waals surface area contributed by atoms with E-state index in [9.17, 15) is 14.4 Å². The van der Waals surface area contributed by atoms with E-state index in [0.29, 0.717) is 29.2 Å². The van der Waals surface area contributed by atoms with Gasteiger partial charge in [0, 0.05) is 16.8 Å². The zero-order valence-electron chi connectivity index (χ0n) is 21.0. The molecule has 8 nitrogen and oxygen atoms in total. The van der Waals surface area contributed by atoms with E-state index in [2.05, 4.69) is 5.32 Å². The van der Waals surface area contributed by atoms with Gasteiger partial charge in [0.1, 0.15) is 18.1 Å². The first-order valence-electron chi connectivity index (χ1n) is 11.3. The lowest BCUT2D eigenvalue weighted by Crippen LogP contribution is -2.15. The van der Waals surface area contributed by atoms with Gasteiger partial charge < -0.3 is 24.3 Å². The van der Waals surface area contributed by atoms with Gasteiger partial charge in [-0.05, 0) is 80.4 Å². The summed E-state index contributed by atoms with van der Waals surface area (Å²) in [6, 6.07) is 15.1. The van der Waals surface area contributed by atoms with Gasteiger partial charge in [-0.1, -0.05) is 6.07 Å². The standard InChI is InChI=1S/C28H29NO7/c1-6-35-25-10-8-19(12-22(25)16-36-24-9-7-17(2)18(3)11-24)26(30)29-23-14-20(27(31)33-4)13-21(15-23)28(32)34-5/h7-15H,6,16H2,1-5H3,(H,29,30). The summed E-state index contributed by atoms with van der Waals surface area (Å²) in [6.07, 6.45) is 0. The molecule has 8 heteroatoms. The first-order valence-corrected chi connectivity index (χ1v) is 11.3. The molecule has 0 heterocycles. The molecule has 3 aromatic carbocycles. The number of hydrogen-bond acceptors (Lipinski definition) is 7. The number of hydrogen-bond donors (Lipinski definition) is 1. The Labute approximate surface area is 210 Å². The van der Waals surface area contributed by atoms with Crippen LogP contribution in [0.25, 0.3) is 0 Å². The normalized spacial score (nSPS) is 10.4. The molecule has 0 aliphatic heterocycles. The van der Waals surface area contributed by atoms with E-state index in [1.165, 1.54) is 38.0 Å². The Morgan fingerprint density at radius 2 is 1.42 bits per heavy atom. The van der Waals surface area contributed by atoms with Crippen molar-refractivity contribution in [3.8, 4) is 11.5 Å². The fraction of sp³-hybridized carbons (Fsp3) is 0.250. The fourth-order valence-corrected chi connectivity index (χ4v) is 3.47. The third-order valence-corrected chi connectivity index (χ3v) is 5.53. The van der Waals surface area contributed by atoms with Crippen molar-refractivity contribution in [1.82, 2.24) is 0 Å². The summed E-state index contributed by atoms with van der Waals surface area (Å²) in [6.45, 7) is 6.58. The van der Waals surface area contributed by atoms with E-state index < -0.39 is 17.8 Å². The molecule has 0 aromatic heterocycles. The minimum Gasteiger partial charge on any atom is -0.493 e. The summed E-state index contributed by atoms with van der Waals surface area (Å²) >= 11 is 0. The second-order valence-corrected chi connectivity index (χ2v) is 8.03. The number of carbonyl (C=O) groups is 3. The molecule has 0 atom stereocenters. The molecular weight excluding hydrogens is 462 g/mol. The zero-order chi connectivity index (χ0) is 26.2. The molecule has 188 valence electrons. The Kier molecular flexibility index (Phi) is 8.67. The molecule has 0 unspecified atom stereocenters. The number of benzene rings is 3. The molecule has 1 amide bonds. The smallest absolute Gasteiger partial charge is 0.337 e. The van der Waals surface area contributed by atoms with Gasteiger partial charge in [-0.15, -0.1) is 0 Å². The largest absolute Gasteiger partial charge is 0.493 e. The molecule has 0 bridgehead atoms. The molecule has 0 saturated heterocycles. The van der Waals surface area contributed by atoms with Crippen LogP contribution in [0.1, 0.15) is 54.7 Å². The highest BCUT2D eigenvalue weighted by atomic mass is 16.5. The number of anilines is 1.